The van der Waals surface area contributed by atoms with Crippen LogP contribution in [0.3, 0.4) is 0 Å². The van der Waals surface area contributed by atoms with Crippen molar-refractivity contribution >= 4 is 29.7 Å². The summed E-state index contributed by atoms with van der Waals surface area (Å²) in [5.74, 6) is -1.00. The minimum absolute atomic E-state index is 0.0166. The SMILES string of the molecule is CC1CCCCC1NC(=O)NC1CCC(CC(=O)NC2CCC3C(C2)C(=O)N(C)CC(=O)N3CCC(=O)O)CC1. The first-order chi connectivity index (χ1) is 19.1. The number of hydrogen-bond donors (Lipinski definition) is 4. The molecular weight excluding hydrogens is 514 g/mol. The van der Waals surface area contributed by atoms with Gasteiger partial charge in [0.15, 0.2) is 0 Å². The Balaban J connectivity index is 1.21. The highest BCUT2D eigenvalue weighted by Gasteiger charge is 2.44. The summed E-state index contributed by atoms with van der Waals surface area (Å²) in [7, 11) is 1.60. The van der Waals surface area contributed by atoms with Crippen molar-refractivity contribution in [1.82, 2.24) is 25.8 Å². The van der Waals surface area contributed by atoms with Gasteiger partial charge in [0.25, 0.3) is 0 Å². The number of hydrogen-bond acceptors (Lipinski definition) is 5. The van der Waals surface area contributed by atoms with Crippen LogP contribution in [-0.2, 0) is 19.2 Å². The van der Waals surface area contributed by atoms with E-state index in [0.29, 0.717) is 31.6 Å². The van der Waals surface area contributed by atoms with Crippen molar-refractivity contribution in [2.45, 2.75) is 115 Å². The summed E-state index contributed by atoms with van der Waals surface area (Å²) >= 11 is 0. The highest BCUT2D eigenvalue weighted by Crippen LogP contribution is 2.33. The number of carboxylic acids is 1. The Morgan fingerprint density at radius 3 is 2.30 bits per heavy atom. The zero-order valence-electron chi connectivity index (χ0n) is 24.0. The number of carbonyl (C=O) groups is 5. The molecule has 1 aliphatic heterocycles. The second-order valence-electron chi connectivity index (χ2n) is 12.6. The van der Waals surface area contributed by atoms with Gasteiger partial charge in [0.05, 0.1) is 18.9 Å². The molecule has 11 heteroatoms. The molecule has 0 bridgehead atoms. The van der Waals surface area contributed by atoms with E-state index in [0.717, 1.165) is 32.1 Å². The van der Waals surface area contributed by atoms with Crippen LogP contribution in [-0.4, -0.2) is 88.9 Å². The van der Waals surface area contributed by atoms with Gasteiger partial charge in [0, 0.05) is 44.2 Å². The number of carbonyl (C=O) groups excluding carboxylic acids is 4. The average molecular weight is 562 g/mol. The molecule has 1 heterocycles. The first kappa shape index (κ1) is 30.1. The summed E-state index contributed by atoms with van der Waals surface area (Å²) in [4.78, 5) is 65.4. The van der Waals surface area contributed by atoms with Crippen molar-refractivity contribution < 1.29 is 29.1 Å². The van der Waals surface area contributed by atoms with E-state index >= 15 is 0 Å². The molecule has 1 saturated heterocycles. The summed E-state index contributed by atoms with van der Waals surface area (Å²) in [6, 6.07) is -0.162. The zero-order chi connectivity index (χ0) is 28.8. The lowest BCUT2D eigenvalue weighted by Crippen LogP contribution is -2.52. The molecule has 5 unspecified atom stereocenters. The number of urea groups is 1. The molecular formula is C29H47N5O6. The van der Waals surface area contributed by atoms with Crippen molar-refractivity contribution in [2.75, 3.05) is 20.1 Å². The molecule has 0 aromatic carbocycles. The number of amides is 5. The lowest BCUT2D eigenvalue weighted by atomic mass is 9.79. The van der Waals surface area contributed by atoms with Gasteiger partial charge in [-0.15, -0.1) is 0 Å². The Morgan fingerprint density at radius 1 is 0.900 bits per heavy atom. The fourth-order valence-electron chi connectivity index (χ4n) is 7.26. The Labute approximate surface area is 237 Å². The number of rotatable bonds is 8. The van der Waals surface area contributed by atoms with Crippen LogP contribution in [0.25, 0.3) is 0 Å². The Hall–Kier alpha value is -2.85. The van der Waals surface area contributed by atoms with Crippen LogP contribution in [0.2, 0.25) is 0 Å². The maximum absolute atomic E-state index is 13.1. The monoisotopic (exact) mass is 561 g/mol. The number of nitrogens with zero attached hydrogens (tertiary/aromatic N) is 2. The number of likely N-dealkylation sites (N-methyl/N-ethyl adjacent to an activating group) is 1. The van der Waals surface area contributed by atoms with Crippen molar-refractivity contribution in [1.29, 1.82) is 0 Å². The quantitative estimate of drug-likeness (QED) is 0.357. The molecule has 4 rings (SSSR count). The predicted octanol–water partition coefficient (Wildman–Crippen LogP) is 2.24. The maximum Gasteiger partial charge on any atom is 0.315 e. The largest absolute Gasteiger partial charge is 0.481 e. The smallest absolute Gasteiger partial charge is 0.315 e. The molecule has 0 aromatic rings. The van der Waals surface area contributed by atoms with E-state index in [1.807, 2.05) is 0 Å². The minimum atomic E-state index is -0.976. The third kappa shape index (κ3) is 7.87. The van der Waals surface area contributed by atoms with E-state index in [1.54, 1.807) is 11.9 Å². The third-order valence-electron chi connectivity index (χ3n) is 9.62. The van der Waals surface area contributed by atoms with Crippen molar-refractivity contribution in [2.24, 2.45) is 17.8 Å². The van der Waals surface area contributed by atoms with E-state index in [4.69, 9.17) is 5.11 Å². The molecule has 3 saturated carbocycles. The van der Waals surface area contributed by atoms with Crippen LogP contribution in [0.4, 0.5) is 4.79 Å². The second kappa shape index (κ2) is 13.7. The van der Waals surface area contributed by atoms with Gasteiger partial charge in [-0.25, -0.2) is 4.79 Å². The van der Waals surface area contributed by atoms with Crippen LogP contribution < -0.4 is 16.0 Å². The van der Waals surface area contributed by atoms with Crippen molar-refractivity contribution in [3.63, 3.8) is 0 Å². The van der Waals surface area contributed by atoms with Gasteiger partial charge >= 0.3 is 12.0 Å². The molecule has 224 valence electrons. The summed E-state index contributed by atoms with van der Waals surface area (Å²) in [6.45, 7) is 2.24. The van der Waals surface area contributed by atoms with Crippen LogP contribution in [0.5, 0.6) is 0 Å². The highest BCUT2D eigenvalue weighted by molar-refractivity contribution is 5.89. The van der Waals surface area contributed by atoms with Gasteiger partial charge in [-0.1, -0.05) is 19.8 Å². The predicted molar refractivity (Wildman–Crippen MR) is 148 cm³/mol. The minimum Gasteiger partial charge on any atom is -0.481 e. The normalized spacial score (nSPS) is 33.0. The number of aliphatic carboxylic acids is 1. The molecule has 3 aliphatic carbocycles. The molecule has 5 atom stereocenters. The molecule has 40 heavy (non-hydrogen) atoms. The van der Waals surface area contributed by atoms with E-state index in [1.165, 1.54) is 24.2 Å². The standard InChI is InChI=1S/C29H47N5O6/c1-18-5-3-4-6-23(18)32-29(40)31-20-9-7-19(8-10-20)15-25(35)30-21-11-12-24-22(16-21)28(39)33(2)17-26(36)34(24)14-13-27(37)38/h18-24H,3-17H2,1-2H3,(H,30,35)(H,37,38)(H2,31,32,40). The number of carboxylic acid groups (broad SMARTS) is 1. The zero-order valence-corrected chi connectivity index (χ0v) is 24.0. The second-order valence-corrected chi connectivity index (χ2v) is 12.6. The topological polar surface area (TPSA) is 148 Å². The summed E-state index contributed by atoms with van der Waals surface area (Å²) in [6.07, 6.45) is 10.0. The third-order valence-corrected chi connectivity index (χ3v) is 9.62. The van der Waals surface area contributed by atoms with Crippen LogP contribution >= 0.6 is 0 Å². The van der Waals surface area contributed by atoms with Gasteiger partial charge in [0.1, 0.15) is 0 Å². The van der Waals surface area contributed by atoms with Crippen molar-refractivity contribution in [3.05, 3.63) is 0 Å². The van der Waals surface area contributed by atoms with Gasteiger partial charge in [-0.05, 0) is 69.6 Å². The molecule has 4 N–H and O–H groups in total. The molecule has 0 radical (unpaired) electrons. The van der Waals surface area contributed by atoms with E-state index in [2.05, 4.69) is 22.9 Å². The Morgan fingerprint density at radius 2 is 1.60 bits per heavy atom. The highest BCUT2D eigenvalue weighted by atomic mass is 16.4. The fourth-order valence-corrected chi connectivity index (χ4v) is 7.26. The van der Waals surface area contributed by atoms with Gasteiger partial charge in [-0.2, -0.15) is 0 Å². The fraction of sp³-hybridized carbons (Fsp3) is 0.828. The molecule has 0 spiro atoms. The molecule has 0 aromatic heterocycles. The van der Waals surface area contributed by atoms with E-state index in [-0.39, 0.29) is 73.3 Å². The summed E-state index contributed by atoms with van der Waals surface area (Å²) in [5, 5.41) is 18.6. The summed E-state index contributed by atoms with van der Waals surface area (Å²) in [5.41, 5.74) is 0. The molecule has 4 fully saturated rings. The molecule has 4 aliphatic rings. The van der Waals surface area contributed by atoms with E-state index in [9.17, 15) is 24.0 Å². The van der Waals surface area contributed by atoms with Crippen LogP contribution in [0.1, 0.15) is 90.4 Å². The first-order valence-corrected chi connectivity index (χ1v) is 15.2. The number of fused-ring (bicyclic) bond motifs is 1. The molecule has 5 amide bonds. The lowest BCUT2D eigenvalue weighted by Gasteiger charge is -2.40. The number of nitrogens with one attached hydrogen (secondary N) is 3. The average Bonchev–Trinajstić information content (AvgIpc) is 2.99. The Kier molecular flexibility index (Phi) is 10.3. The summed E-state index contributed by atoms with van der Waals surface area (Å²) < 4.78 is 0. The van der Waals surface area contributed by atoms with Crippen LogP contribution in [0, 0.1) is 17.8 Å². The van der Waals surface area contributed by atoms with Gasteiger partial charge < -0.3 is 30.9 Å². The van der Waals surface area contributed by atoms with Crippen LogP contribution in [0.15, 0.2) is 0 Å². The maximum atomic E-state index is 13.1. The first-order valence-electron chi connectivity index (χ1n) is 15.2. The Bertz CT molecular complexity index is 951. The molecule has 11 nitrogen and oxygen atoms in total. The van der Waals surface area contributed by atoms with Gasteiger partial charge in [0.2, 0.25) is 17.7 Å². The van der Waals surface area contributed by atoms with E-state index < -0.39 is 11.9 Å². The van der Waals surface area contributed by atoms with Gasteiger partial charge in [-0.3, -0.25) is 19.2 Å². The lowest BCUT2D eigenvalue weighted by molar-refractivity contribution is -0.140. The van der Waals surface area contributed by atoms with Crippen molar-refractivity contribution in [3.8, 4) is 0 Å².